The van der Waals surface area contributed by atoms with Crippen LogP contribution in [0.15, 0.2) is 67.0 Å². The van der Waals surface area contributed by atoms with Crippen LogP contribution >= 0.6 is 0 Å². The monoisotopic (exact) mass is 417 g/mol. The zero-order valence-corrected chi connectivity index (χ0v) is 16.9. The Morgan fingerprint density at radius 3 is 2.32 bits per heavy atom. The van der Waals surface area contributed by atoms with E-state index in [1.165, 1.54) is 0 Å². The van der Waals surface area contributed by atoms with Gasteiger partial charge in [-0.3, -0.25) is 4.79 Å². The SMILES string of the molecule is O=C(Nc1ccc(N2CCCN(c3ncccn3)CC2)cc1C(=O)O)c1ccccc1. The quantitative estimate of drug-likeness (QED) is 0.658. The summed E-state index contributed by atoms with van der Waals surface area (Å²) in [6.07, 6.45) is 4.35. The highest BCUT2D eigenvalue weighted by molar-refractivity contribution is 6.08. The third-order valence-electron chi connectivity index (χ3n) is 5.21. The Bertz CT molecular complexity index is 1060. The minimum Gasteiger partial charge on any atom is -0.478 e. The summed E-state index contributed by atoms with van der Waals surface area (Å²) in [7, 11) is 0. The molecule has 2 aromatic carbocycles. The van der Waals surface area contributed by atoms with Gasteiger partial charge in [-0.15, -0.1) is 0 Å². The van der Waals surface area contributed by atoms with Gasteiger partial charge in [-0.05, 0) is 42.8 Å². The van der Waals surface area contributed by atoms with E-state index < -0.39 is 5.97 Å². The van der Waals surface area contributed by atoms with E-state index in [0.717, 1.165) is 31.7 Å². The number of aromatic nitrogens is 2. The van der Waals surface area contributed by atoms with Crippen molar-refractivity contribution in [1.82, 2.24) is 9.97 Å². The van der Waals surface area contributed by atoms with Crippen molar-refractivity contribution in [3.05, 3.63) is 78.1 Å². The van der Waals surface area contributed by atoms with Crippen LogP contribution in [0.25, 0.3) is 0 Å². The van der Waals surface area contributed by atoms with E-state index in [-0.39, 0.29) is 17.2 Å². The number of carbonyl (C=O) groups is 2. The molecule has 2 N–H and O–H groups in total. The number of amides is 1. The number of anilines is 3. The first-order valence-electron chi connectivity index (χ1n) is 10.1. The fourth-order valence-corrected chi connectivity index (χ4v) is 3.63. The number of nitrogens with zero attached hydrogens (tertiary/aromatic N) is 4. The fourth-order valence-electron chi connectivity index (χ4n) is 3.63. The van der Waals surface area contributed by atoms with Crippen LogP contribution in [0.5, 0.6) is 0 Å². The van der Waals surface area contributed by atoms with Gasteiger partial charge >= 0.3 is 5.97 Å². The van der Waals surface area contributed by atoms with Gasteiger partial charge in [-0.25, -0.2) is 14.8 Å². The second-order valence-electron chi connectivity index (χ2n) is 7.23. The number of benzene rings is 2. The Morgan fingerprint density at radius 2 is 1.58 bits per heavy atom. The first kappa shape index (κ1) is 20.3. The predicted molar refractivity (Wildman–Crippen MR) is 119 cm³/mol. The molecule has 1 aliphatic heterocycles. The van der Waals surface area contributed by atoms with Crippen LogP contribution in [0, 0.1) is 0 Å². The number of carboxylic acid groups (broad SMARTS) is 1. The Labute approximate surface area is 180 Å². The summed E-state index contributed by atoms with van der Waals surface area (Å²) >= 11 is 0. The van der Waals surface area contributed by atoms with E-state index in [9.17, 15) is 14.7 Å². The lowest BCUT2D eigenvalue weighted by atomic mass is 10.1. The van der Waals surface area contributed by atoms with E-state index in [1.54, 1.807) is 54.9 Å². The van der Waals surface area contributed by atoms with Gasteiger partial charge in [0.15, 0.2) is 0 Å². The number of hydrogen-bond acceptors (Lipinski definition) is 6. The predicted octanol–water partition coefficient (Wildman–Crippen LogP) is 3.14. The third kappa shape index (κ3) is 4.80. The van der Waals surface area contributed by atoms with Gasteiger partial charge in [0, 0.05) is 49.8 Å². The first-order valence-corrected chi connectivity index (χ1v) is 10.1. The average molecular weight is 417 g/mol. The number of nitrogens with one attached hydrogen (secondary N) is 1. The van der Waals surface area contributed by atoms with Crippen LogP contribution in [0.4, 0.5) is 17.3 Å². The zero-order chi connectivity index (χ0) is 21.6. The maximum atomic E-state index is 12.5. The molecule has 158 valence electrons. The summed E-state index contributed by atoms with van der Waals surface area (Å²) in [5, 5.41) is 12.4. The maximum Gasteiger partial charge on any atom is 0.337 e. The molecule has 1 saturated heterocycles. The van der Waals surface area contributed by atoms with Gasteiger partial charge in [0.1, 0.15) is 0 Å². The highest BCUT2D eigenvalue weighted by atomic mass is 16.4. The van der Waals surface area contributed by atoms with Crippen LogP contribution in [-0.2, 0) is 0 Å². The van der Waals surface area contributed by atoms with E-state index >= 15 is 0 Å². The number of hydrogen-bond donors (Lipinski definition) is 2. The van der Waals surface area contributed by atoms with E-state index in [0.29, 0.717) is 18.1 Å². The molecule has 1 aromatic heterocycles. The zero-order valence-electron chi connectivity index (χ0n) is 16.9. The van der Waals surface area contributed by atoms with Crippen molar-refractivity contribution in [1.29, 1.82) is 0 Å². The summed E-state index contributed by atoms with van der Waals surface area (Å²) in [5.41, 5.74) is 1.62. The molecule has 0 saturated carbocycles. The Morgan fingerprint density at radius 1 is 0.871 bits per heavy atom. The van der Waals surface area contributed by atoms with Crippen molar-refractivity contribution in [2.75, 3.05) is 41.3 Å². The molecule has 2 heterocycles. The fraction of sp³-hybridized carbons (Fsp3) is 0.217. The normalized spacial score (nSPS) is 14.1. The number of aromatic carboxylic acids is 1. The van der Waals surface area contributed by atoms with Crippen molar-refractivity contribution in [3.8, 4) is 0 Å². The van der Waals surface area contributed by atoms with Crippen molar-refractivity contribution >= 4 is 29.2 Å². The van der Waals surface area contributed by atoms with Gasteiger partial charge in [-0.1, -0.05) is 18.2 Å². The van der Waals surface area contributed by atoms with Gasteiger partial charge in [0.05, 0.1) is 11.3 Å². The molecule has 0 aliphatic carbocycles. The summed E-state index contributed by atoms with van der Waals surface area (Å²) < 4.78 is 0. The van der Waals surface area contributed by atoms with Gasteiger partial charge in [0.2, 0.25) is 5.95 Å². The lowest BCUT2D eigenvalue weighted by Crippen LogP contribution is -2.31. The molecule has 8 nitrogen and oxygen atoms in total. The van der Waals surface area contributed by atoms with Crippen LogP contribution in [0.2, 0.25) is 0 Å². The van der Waals surface area contributed by atoms with Crippen LogP contribution in [-0.4, -0.2) is 53.1 Å². The topological polar surface area (TPSA) is 98.7 Å². The summed E-state index contributed by atoms with van der Waals surface area (Å²) in [4.78, 5) is 37.3. The minimum absolute atomic E-state index is 0.0641. The van der Waals surface area contributed by atoms with Crippen LogP contribution in [0.1, 0.15) is 27.1 Å². The molecule has 4 rings (SSSR count). The standard InChI is InChI=1S/C23H23N5O3/c29-21(17-6-2-1-3-7-17)26-20-9-8-18(16-19(20)22(30)31)27-12-5-13-28(15-14-27)23-24-10-4-11-25-23/h1-4,6-11,16H,5,12-15H2,(H,26,29)(H,30,31). The van der Waals surface area contributed by atoms with E-state index in [4.69, 9.17) is 0 Å². The molecule has 0 atom stereocenters. The largest absolute Gasteiger partial charge is 0.478 e. The lowest BCUT2D eigenvalue weighted by Gasteiger charge is -2.24. The molecule has 0 radical (unpaired) electrons. The molecule has 31 heavy (non-hydrogen) atoms. The molecule has 1 fully saturated rings. The molecule has 0 bridgehead atoms. The van der Waals surface area contributed by atoms with E-state index in [2.05, 4.69) is 25.1 Å². The van der Waals surface area contributed by atoms with Crippen molar-refractivity contribution in [2.24, 2.45) is 0 Å². The summed E-state index contributed by atoms with van der Waals surface area (Å²) in [6.45, 7) is 3.07. The number of rotatable bonds is 5. The lowest BCUT2D eigenvalue weighted by molar-refractivity contribution is 0.0698. The maximum absolute atomic E-state index is 12.5. The first-order chi connectivity index (χ1) is 15.1. The molecule has 3 aromatic rings. The second kappa shape index (κ2) is 9.25. The van der Waals surface area contributed by atoms with Crippen molar-refractivity contribution in [3.63, 3.8) is 0 Å². The van der Waals surface area contributed by atoms with Crippen LogP contribution in [0.3, 0.4) is 0 Å². The number of carbonyl (C=O) groups excluding carboxylic acids is 1. The number of carboxylic acids is 1. The molecule has 1 aliphatic rings. The third-order valence-corrected chi connectivity index (χ3v) is 5.21. The average Bonchev–Trinajstić information content (AvgIpc) is 3.07. The highest BCUT2D eigenvalue weighted by Gasteiger charge is 2.20. The van der Waals surface area contributed by atoms with Crippen LogP contribution < -0.4 is 15.1 Å². The molecular weight excluding hydrogens is 394 g/mol. The Hall–Kier alpha value is -3.94. The molecule has 0 unspecified atom stereocenters. The van der Waals surface area contributed by atoms with E-state index in [1.807, 2.05) is 12.1 Å². The van der Waals surface area contributed by atoms with Gasteiger partial charge in [0.25, 0.3) is 5.91 Å². The van der Waals surface area contributed by atoms with Gasteiger partial charge in [-0.2, -0.15) is 0 Å². The molecule has 8 heteroatoms. The van der Waals surface area contributed by atoms with Crippen molar-refractivity contribution < 1.29 is 14.7 Å². The molecular formula is C23H23N5O3. The van der Waals surface area contributed by atoms with Crippen molar-refractivity contribution in [2.45, 2.75) is 6.42 Å². The minimum atomic E-state index is -1.08. The molecule has 0 spiro atoms. The summed E-state index contributed by atoms with van der Waals surface area (Å²) in [5.74, 6) is -0.724. The second-order valence-corrected chi connectivity index (χ2v) is 7.23. The Balaban J connectivity index is 1.51. The highest BCUT2D eigenvalue weighted by Crippen LogP contribution is 2.25. The smallest absolute Gasteiger partial charge is 0.337 e. The van der Waals surface area contributed by atoms with Gasteiger partial charge < -0.3 is 20.2 Å². The molecule has 1 amide bonds. The summed E-state index contributed by atoms with van der Waals surface area (Å²) in [6, 6.07) is 15.6. The Kier molecular flexibility index (Phi) is 6.07.